The zero-order valence-electron chi connectivity index (χ0n) is 10.5. The number of rotatable bonds is 3. The summed E-state index contributed by atoms with van der Waals surface area (Å²) in [6.07, 6.45) is 0. The molecule has 0 radical (unpaired) electrons. The smallest absolute Gasteiger partial charge is 0.223 e. The molecule has 2 aromatic carbocycles. The van der Waals surface area contributed by atoms with Gasteiger partial charge in [-0.1, -0.05) is 34.1 Å². The predicted molar refractivity (Wildman–Crippen MR) is 80.8 cm³/mol. The molecule has 0 saturated heterocycles. The largest absolute Gasteiger partial charge is 0.439 e. The minimum atomic E-state index is -0.287. The molecule has 100 valence electrons. The monoisotopic (exact) mass is 331 g/mol. The van der Waals surface area contributed by atoms with E-state index in [9.17, 15) is 4.39 Å². The minimum Gasteiger partial charge on any atom is -0.439 e. The number of benzene rings is 2. The van der Waals surface area contributed by atoms with Crippen molar-refractivity contribution in [2.75, 3.05) is 0 Å². The van der Waals surface area contributed by atoms with Crippen molar-refractivity contribution in [3.8, 4) is 11.6 Å². The number of pyridine rings is 1. The van der Waals surface area contributed by atoms with Crippen LogP contribution >= 0.6 is 15.9 Å². The Bertz CT molecular complexity index is 743. The van der Waals surface area contributed by atoms with Crippen LogP contribution in [0, 0.1) is 5.82 Å². The van der Waals surface area contributed by atoms with Crippen molar-refractivity contribution >= 4 is 26.8 Å². The van der Waals surface area contributed by atoms with E-state index >= 15 is 0 Å². The van der Waals surface area contributed by atoms with Gasteiger partial charge in [-0.05, 0) is 36.4 Å². The van der Waals surface area contributed by atoms with Gasteiger partial charge in [0.2, 0.25) is 5.88 Å². The third kappa shape index (κ3) is 2.65. The Morgan fingerprint density at radius 3 is 2.55 bits per heavy atom. The van der Waals surface area contributed by atoms with Crippen LogP contribution in [0.15, 0.2) is 54.6 Å². The molecule has 3 rings (SSSR count). The second-order valence-corrected chi connectivity index (χ2v) is 4.90. The van der Waals surface area contributed by atoms with Gasteiger partial charge in [-0.25, -0.2) is 9.37 Å². The lowest BCUT2D eigenvalue weighted by Crippen LogP contribution is -1.94. The maximum atomic E-state index is 12.9. The molecule has 0 N–H and O–H groups in total. The highest BCUT2D eigenvalue weighted by Gasteiger charge is 2.08. The Morgan fingerprint density at radius 1 is 1.05 bits per heavy atom. The van der Waals surface area contributed by atoms with E-state index in [1.807, 2.05) is 30.3 Å². The number of ether oxygens (including phenoxy) is 1. The van der Waals surface area contributed by atoms with Crippen molar-refractivity contribution in [1.82, 2.24) is 4.98 Å². The number of halogens is 2. The van der Waals surface area contributed by atoms with Crippen LogP contribution in [0.4, 0.5) is 4.39 Å². The lowest BCUT2D eigenvalue weighted by molar-refractivity contribution is 0.459. The van der Waals surface area contributed by atoms with E-state index in [0.717, 1.165) is 16.5 Å². The van der Waals surface area contributed by atoms with Crippen LogP contribution < -0.4 is 4.74 Å². The third-order valence-electron chi connectivity index (χ3n) is 2.94. The molecule has 0 aliphatic heterocycles. The van der Waals surface area contributed by atoms with Gasteiger partial charge in [0.05, 0.1) is 5.52 Å². The molecule has 0 spiro atoms. The highest BCUT2D eigenvalue weighted by molar-refractivity contribution is 9.08. The number of aromatic nitrogens is 1. The fraction of sp³-hybridized carbons (Fsp3) is 0.0625. The first-order valence-corrected chi connectivity index (χ1v) is 7.26. The Balaban J connectivity index is 2.03. The van der Waals surface area contributed by atoms with Crippen molar-refractivity contribution in [3.63, 3.8) is 0 Å². The first kappa shape index (κ1) is 13.1. The fourth-order valence-electron chi connectivity index (χ4n) is 1.94. The molecule has 2 nitrogen and oxygen atoms in total. The van der Waals surface area contributed by atoms with Crippen LogP contribution in [-0.4, -0.2) is 4.98 Å². The number of hydrogen-bond acceptors (Lipinski definition) is 2. The topological polar surface area (TPSA) is 22.1 Å². The summed E-state index contributed by atoms with van der Waals surface area (Å²) in [6.45, 7) is 0. The van der Waals surface area contributed by atoms with E-state index in [-0.39, 0.29) is 5.82 Å². The number of fused-ring (bicyclic) bond motifs is 1. The molecule has 0 aliphatic carbocycles. The second kappa shape index (κ2) is 5.59. The van der Waals surface area contributed by atoms with Crippen LogP contribution in [-0.2, 0) is 5.33 Å². The molecule has 0 amide bonds. The molecule has 3 aromatic rings. The molecular weight excluding hydrogens is 321 g/mol. The number of alkyl halides is 1. The lowest BCUT2D eigenvalue weighted by atomic mass is 10.2. The van der Waals surface area contributed by atoms with Gasteiger partial charge in [-0.2, -0.15) is 0 Å². The Labute approximate surface area is 124 Å². The maximum Gasteiger partial charge on any atom is 0.223 e. The van der Waals surface area contributed by atoms with Gasteiger partial charge in [0, 0.05) is 16.3 Å². The average molecular weight is 332 g/mol. The summed E-state index contributed by atoms with van der Waals surface area (Å²) in [7, 11) is 0. The molecule has 20 heavy (non-hydrogen) atoms. The summed E-state index contributed by atoms with van der Waals surface area (Å²) in [4.78, 5) is 4.52. The molecule has 0 fully saturated rings. The third-order valence-corrected chi connectivity index (χ3v) is 3.54. The van der Waals surface area contributed by atoms with Gasteiger partial charge in [-0.3, -0.25) is 0 Å². The number of para-hydroxylation sites is 1. The first-order valence-electron chi connectivity index (χ1n) is 6.14. The normalized spacial score (nSPS) is 10.7. The van der Waals surface area contributed by atoms with Crippen LogP contribution in [0.1, 0.15) is 5.56 Å². The summed E-state index contributed by atoms with van der Waals surface area (Å²) < 4.78 is 18.7. The van der Waals surface area contributed by atoms with Crippen molar-refractivity contribution in [1.29, 1.82) is 0 Å². The van der Waals surface area contributed by atoms with Crippen LogP contribution in [0.25, 0.3) is 10.9 Å². The standard InChI is InChI=1S/C16H11BrFNO/c17-10-12-9-11-3-1-2-4-15(11)19-16(12)20-14-7-5-13(18)6-8-14/h1-9H,10H2. The van der Waals surface area contributed by atoms with E-state index in [1.165, 1.54) is 12.1 Å². The molecular formula is C16H11BrFNO. The van der Waals surface area contributed by atoms with E-state index in [1.54, 1.807) is 12.1 Å². The molecule has 0 unspecified atom stereocenters. The summed E-state index contributed by atoms with van der Waals surface area (Å²) in [5.41, 5.74) is 1.82. The lowest BCUT2D eigenvalue weighted by Gasteiger charge is -2.10. The molecule has 0 aliphatic rings. The van der Waals surface area contributed by atoms with Gasteiger partial charge in [0.1, 0.15) is 11.6 Å². The summed E-state index contributed by atoms with van der Waals surface area (Å²) in [5, 5.41) is 1.70. The zero-order valence-corrected chi connectivity index (χ0v) is 12.1. The van der Waals surface area contributed by atoms with Crippen LogP contribution in [0.3, 0.4) is 0 Å². The Morgan fingerprint density at radius 2 is 1.80 bits per heavy atom. The maximum absolute atomic E-state index is 12.9. The van der Waals surface area contributed by atoms with Gasteiger partial charge >= 0.3 is 0 Å². The molecule has 0 bridgehead atoms. The highest BCUT2D eigenvalue weighted by Crippen LogP contribution is 2.28. The Kier molecular flexibility index (Phi) is 3.65. The zero-order chi connectivity index (χ0) is 13.9. The van der Waals surface area contributed by atoms with Crippen molar-refractivity contribution < 1.29 is 9.13 Å². The van der Waals surface area contributed by atoms with Crippen molar-refractivity contribution in [2.24, 2.45) is 0 Å². The molecule has 0 saturated carbocycles. The number of hydrogen-bond donors (Lipinski definition) is 0. The molecule has 0 atom stereocenters. The van der Waals surface area contributed by atoms with Crippen molar-refractivity contribution in [2.45, 2.75) is 5.33 Å². The van der Waals surface area contributed by atoms with Crippen LogP contribution in [0.5, 0.6) is 11.6 Å². The summed E-state index contributed by atoms with van der Waals surface area (Å²) >= 11 is 3.44. The van der Waals surface area contributed by atoms with Gasteiger partial charge < -0.3 is 4.74 Å². The first-order chi connectivity index (χ1) is 9.76. The van der Waals surface area contributed by atoms with Crippen LogP contribution in [0.2, 0.25) is 0 Å². The predicted octanol–water partition coefficient (Wildman–Crippen LogP) is 5.06. The van der Waals surface area contributed by atoms with Gasteiger partial charge in [0.15, 0.2) is 0 Å². The Hall–Kier alpha value is -1.94. The van der Waals surface area contributed by atoms with Gasteiger partial charge in [-0.15, -0.1) is 0 Å². The second-order valence-electron chi connectivity index (χ2n) is 4.33. The fourth-order valence-corrected chi connectivity index (χ4v) is 2.34. The summed E-state index contributed by atoms with van der Waals surface area (Å²) in [5.74, 6) is 0.813. The summed E-state index contributed by atoms with van der Waals surface area (Å²) in [6, 6.07) is 15.8. The minimum absolute atomic E-state index is 0.287. The highest BCUT2D eigenvalue weighted by atomic mass is 79.9. The molecule has 1 heterocycles. The van der Waals surface area contributed by atoms with E-state index < -0.39 is 0 Å². The van der Waals surface area contributed by atoms with Crippen molar-refractivity contribution in [3.05, 3.63) is 66.0 Å². The average Bonchev–Trinajstić information content (AvgIpc) is 2.49. The SMILES string of the molecule is Fc1ccc(Oc2nc3ccccc3cc2CBr)cc1. The quantitative estimate of drug-likeness (QED) is 0.626. The van der Waals surface area contributed by atoms with Gasteiger partial charge in [0.25, 0.3) is 0 Å². The number of nitrogens with zero attached hydrogens (tertiary/aromatic N) is 1. The van der Waals surface area contributed by atoms with E-state index in [0.29, 0.717) is 17.0 Å². The van der Waals surface area contributed by atoms with E-state index in [2.05, 4.69) is 20.9 Å². The molecule has 4 heteroatoms. The molecule has 1 aromatic heterocycles. The van der Waals surface area contributed by atoms with E-state index in [4.69, 9.17) is 4.74 Å².